The summed E-state index contributed by atoms with van der Waals surface area (Å²) >= 11 is 5.92. The second-order valence-corrected chi connectivity index (χ2v) is 6.89. The molecule has 0 saturated heterocycles. The molecule has 0 aliphatic rings. The molecule has 0 unspecified atom stereocenters. The topological polar surface area (TPSA) is 46.2 Å². The van der Waals surface area contributed by atoms with Gasteiger partial charge in [0.05, 0.1) is 5.75 Å². The molecular formula is C14H22ClNO2S. The number of hydrogen-bond donors (Lipinski definition) is 1. The Morgan fingerprint density at radius 1 is 1.16 bits per heavy atom. The van der Waals surface area contributed by atoms with Gasteiger partial charge < -0.3 is 0 Å². The zero-order chi connectivity index (χ0) is 14.4. The number of nitrogens with one attached hydrogen (secondary N) is 1. The van der Waals surface area contributed by atoms with Crippen molar-refractivity contribution in [2.45, 2.75) is 38.6 Å². The van der Waals surface area contributed by atoms with Crippen LogP contribution in [0.1, 0.15) is 32.3 Å². The molecule has 0 fully saturated rings. The van der Waals surface area contributed by atoms with Crippen LogP contribution in [-0.4, -0.2) is 25.6 Å². The SMILES string of the molecule is CCC(CC)(CCl)NS(=O)(=O)CCc1ccccc1. The van der Waals surface area contributed by atoms with E-state index in [4.69, 9.17) is 11.6 Å². The number of hydrogen-bond acceptors (Lipinski definition) is 2. The molecule has 0 aliphatic heterocycles. The van der Waals surface area contributed by atoms with Crippen molar-refractivity contribution in [2.24, 2.45) is 0 Å². The van der Waals surface area contributed by atoms with Gasteiger partial charge >= 0.3 is 0 Å². The number of benzene rings is 1. The van der Waals surface area contributed by atoms with Gasteiger partial charge in [-0.2, -0.15) is 0 Å². The second kappa shape index (κ2) is 7.27. The average molecular weight is 304 g/mol. The van der Waals surface area contributed by atoms with Crippen LogP contribution in [0.4, 0.5) is 0 Å². The lowest BCUT2D eigenvalue weighted by Crippen LogP contribution is -2.50. The van der Waals surface area contributed by atoms with E-state index in [0.29, 0.717) is 25.1 Å². The number of halogens is 1. The quantitative estimate of drug-likeness (QED) is 0.751. The third kappa shape index (κ3) is 5.13. The smallest absolute Gasteiger partial charge is 0.212 e. The number of alkyl halides is 1. The van der Waals surface area contributed by atoms with Crippen LogP contribution in [0.15, 0.2) is 30.3 Å². The fourth-order valence-corrected chi connectivity index (χ4v) is 4.04. The van der Waals surface area contributed by atoms with E-state index in [1.807, 2.05) is 44.2 Å². The number of rotatable bonds is 8. The second-order valence-electron chi connectivity index (χ2n) is 4.78. The first-order valence-electron chi connectivity index (χ1n) is 6.58. The molecule has 1 N–H and O–H groups in total. The summed E-state index contributed by atoms with van der Waals surface area (Å²) in [4.78, 5) is 0. The van der Waals surface area contributed by atoms with Crippen molar-refractivity contribution in [2.75, 3.05) is 11.6 Å². The third-order valence-electron chi connectivity index (χ3n) is 3.48. The lowest BCUT2D eigenvalue weighted by molar-refractivity contribution is 0.394. The standard InChI is InChI=1S/C14H22ClNO2S/c1-3-14(4-2,12-15)16-19(17,18)11-10-13-8-6-5-7-9-13/h5-9,16H,3-4,10-12H2,1-2H3. The summed E-state index contributed by atoms with van der Waals surface area (Å²) in [5, 5.41) is 0. The van der Waals surface area contributed by atoms with Crippen LogP contribution in [-0.2, 0) is 16.4 Å². The van der Waals surface area contributed by atoms with Gasteiger partial charge in [-0.25, -0.2) is 13.1 Å². The summed E-state index contributed by atoms with van der Waals surface area (Å²) in [6.45, 7) is 3.90. The number of aryl methyl sites for hydroxylation is 1. The Kier molecular flexibility index (Phi) is 6.30. The minimum absolute atomic E-state index is 0.0929. The van der Waals surface area contributed by atoms with E-state index in [1.54, 1.807) is 0 Å². The van der Waals surface area contributed by atoms with Crippen molar-refractivity contribution in [3.8, 4) is 0 Å². The molecule has 0 aromatic heterocycles. The first kappa shape index (κ1) is 16.5. The monoisotopic (exact) mass is 303 g/mol. The molecule has 3 nitrogen and oxygen atoms in total. The van der Waals surface area contributed by atoms with Gasteiger partial charge in [-0.1, -0.05) is 44.2 Å². The van der Waals surface area contributed by atoms with Crippen LogP contribution in [0.2, 0.25) is 0 Å². The fraction of sp³-hybridized carbons (Fsp3) is 0.571. The first-order chi connectivity index (χ1) is 8.97. The van der Waals surface area contributed by atoms with Crippen molar-refractivity contribution in [1.29, 1.82) is 0 Å². The Hall–Kier alpha value is -0.580. The third-order valence-corrected chi connectivity index (χ3v) is 5.48. The minimum Gasteiger partial charge on any atom is -0.212 e. The lowest BCUT2D eigenvalue weighted by atomic mass is 9.97. The highest BCUT2D eigenvalue weighted by Crippen LogP contribution is 2.18. The summed E-state index contributed by atoms with van der Waals surface area (Å²) in [5.41, 5.74) is 0.509. The van der Waals surface area contributed by atoms with Crippen molar-refractivity contribution in [1.82, 2.24) is 4.72 Å². The Balaban J connectivity index is 2.66. The molecule has 0 saturated carbocycles. The van der Waals surface area contributed by atoms with Gasteiger partial charge in [-0.15, -0.1) is 11.6 Å². The maximum atomic E-state index is 12.1. The molecular weight excluding hydrogens is 282 g/mol. The van der Waals surface area contributed by atoms with Crippen molar-refractivity contribution >= 4 is 21.6 Å². The van der Waals surface area contributed by atoms with Crippen molar-refractivity contribution in [3.63, 3.8) is 0 Å². The molecule has 0 heterocycles. The lowest BCUT2D eigenvalue weighted by Gasteiger charge is -2.30. The Morgan fingerprint density at radius 3 is 2.21 bits per heavy atom. The summed E-state index contributed by atoms with van der Waals surface area (Å²) in [5.74, 6) is 0.389. The minimum atomic E-state index is -3.31. The maximum Gasteiger partial charge on any atom is 0.212 e. The van der Waals surface area contributed by atoms with Crippen molar-refractivity contribution < 1.29 is 8.42 Å². The fourth-order valence-electron chi connectivity index (χ4n) is 1.89. The van der Waals surface area contributed by atoms with Crippen LogP contribution in [0.3, 0.4) is 0 Å². The Labute approximate surface area is 121 Å². The molecule has 1 rings (SSSR count). The molecule has 0 aliphatic carbocycles. The van der Waals surface area contributed by atoms with Crippen LogP contribution in [0.5, 0.6) is 0 Å². The summed E-state index contributed by atoms with van der Waals surface area (Å²) in [7, 11) is -3.31. The van der Waals surface area contributed by atoms with Gasteiger partial charge in [0.25, 0.3) is 0 Å². The first-order valence-corrected chi connectivity index (χ1v) is 8.77. The van der Waals surface area contributed by atoms with Crippen molar-refractivity contribution in [3.05, 3.63) is 35.9 Å². The highest BCUT2D eigenvalue weighted by atomic mass is 35.5. The molecule has 0 amide bonds. The van der Waals surface area contributed by atoms with E-state index in [2.05, 4.69) is 4.72 Å². The van der Waals surface area contributed by atoms with Gasteiger partial charge in [0.15, 0.2) is 0 Å². The van der Waals surface area contributed by atoms with E-state index >= 15 is 0 Å². The normalized spacial score (nSPS) is 12.6. The molecule has 1 aromatic carbocycles. The number of sulfonamides is 1. The van der Waals surface area contributed by atoms with E-state index in [9.17, 15) is 8.42 Å². The van der Waals surface area contributed by atoms with Crippen LogP contribution >= 0.6 is 11.6 Å². The van der Waals surface area contributed by atoms with Gasteiger partial charge in [0.2, 0.25) is 10.0 Å². The zero-order valence-electron chi connectivity index (χ0n) is 11.5. The molecule has 108 valence electrons. The van der Waals surface area contributed by atoms with E-state index in [-0.39, 0.29) is 5.75 Å². The molecule has 0 radical (unpaired) electrons. The van der Waals surface area contributed by atoms with Gasteiger partial charge in [-0.05, 0) is 24.8 Å². The molecule has 1 aromatic rings. The van der Waals surface area contributed by atoms with E-state index < -0.39 is 15.6 Å². The molecule has 0 spiro atoms. The highest BCUT2D eigenvalue weighted by Gasteiger charge is 2.30. The van der Waals surface area contributed by atoms with Crippen LogP contribution < -0.4 is 4.72 Å². The van der Waals surface area contributed by atoms with Gasteiger partial charge in [-0.3, -0.25) is 0 Å². The van der Waals surface area contributed by atoms with E-state index in [1.165, 1.54) is 0 Å². The summed E-state index contributed by atoms with van der Waals surface area (Å²) in [6.07, 6.45) is 1.90. The Morgan fingerprint density at radius 2 is 1.74 bits per heavy atom. The predicted octanol–water partition coefficient (Wildman–Crippen LogP) is 2.95. The van der Waals surface area contributed by atoms with Gasteiger partial charge in [0.1, 0.15) is 0 Å². The maximum absolute atomic E-state index is 12.1. The van der Waals surface area contributed by atoms with Crippen LogP contribution in [0.25, 0.3) is 0 Å². The predicted molar refractivity (Wildman–Crippen MR) is 81.1 cm³/mol. The summed E-state index contributed by atoms with van der Waals surface area (Å²) in [6, 6.07) is 9.61. The average Bonchev–Trinajstić information content (AvgIpc) is 2.44. The summed E-state index contributed by atoms with van der Waals surface area (Å²) < 4.78 is 27.0. The highest BCUT2D eigenvalue weighted by molar-refractivity contribution is 7.89. The molecule has 0 atom stereocenters. The van der Waals surface area contributed by atoms with E-state index in [0.717, 1.165) is 5.56 Å². The van der Waals surface area contributed by atoms with Crippen LogP contribution in [0, 0.1) is 0 Å². The molecule has 0 bridgehead atoms. The molecule has 5 heteroatoms. The van der Waals surface area contributed by atoms with Gasteiger partial charge in [0, 0.05) is 11.4 Å². The zero-order valence-corrected chi connectivity index (χ0v) is 13.1. The largest absolute Gasteiger partial charge is 0.212 e. The molecule has 19 heavy (non-hydrogen) atoms. The Bertz CT molecular complexity index is 461.